The molecule has 2 heterocycles. The summed E-state index contributed by atoms with van der Waals surface area (Å²) in [5, 5.41) is 3.35. The lowest BCUT2D eigenvalue weighted by atomic mass is 9.81. The average molecular weight is 384 g/mol. The molecule has 1 amide bonds. The highest BCUT2D eigenvalue weighted by Gasteiger charge is 2.48. The molecule has 2 atom stereocenters. The van der Waals surface area contributed by atoms with Crippen LogP contribution in [0.15, 0.2) is 41.5 Å². The number of amides is 1. The van der Waals surface area contributed by atoms with E-state index in [1.165, 1.54) is 17.8 Å². The van der Waals surface area contributed by atoms with Crippen LogP contribution in [-0.4, -0.2) is 21.8 Å². The van der Waals surface area contributed by atoms with Crippen LogP contribution >= 0.6 is 11.8 Å². The number of halogens is 1. The van der Waals surface area contributed by atoms with Gasteiger partial charge in [-0.3, -0.25) is 14.8 Å². The second kappa shape index (κ2) is 6.96. The van der Waals surface area contributed by atoms with E-state index in [-0.39, 0.29) is 17.6 Å². The quantitative estimate of drug-likeness (QED) is 0.843. The number of nitrogens with one attached hydrogen (secondary N) is 1. The molecule has 0 unspecified atom stereocenters. The van der Waals surface area contributed by atoms with Crippen molar-refractivity contribution >= 4 is 28.5 Å². The third-order valence-electron chi connectivity index (χ3n) is 5.44. The number of hydrogen-bond donors (Lipinski definition) is 2. The van der Waals surface area contributed by atoms with Gasteiger partial charge in [-0.2, -0.15) is 0 Å². The van der Waals surface area contributed by atoms with Crippen LogP contribution in [0, 0.1) is 18.7 Å². The number of carbonyl (C=O) groups excluding carboxylic acids is 1. The standard InChI is InChI=1S/C20H21FN4OS/c1-12-4-3-9-23-17(12)18(26)24-14-6-7-16(21)15(10-14)20-8-2-5-13(20)11-27-19(22)25-20/h3-4,6-7,9-10,13H,2,5,8,11H2,1H3,(H2,22,25)(H,24,26)/t13-,20-/m0/s1. The summed E-state index contributed by atoms with van der Waals surface area (Å²) in [6.45, 7) is 1.83. The van der Waals surface area contributed by atoms with Gasteiger partial charge in [0.15, 0.2) is 5.17 Å². The molecule has 0 radical (unpaired) electrons. The zero-order valence-corrected chi connectivity index (χ0v) is 15.9. The predicted molar refractivity (Wildman–Crippen MR) is 106 cm³/mol. The summed E-state index contributed by atoms with van der Waals surface area (Å²) in [7, 11) is 0. The number of benzene rings is 1. The minimum Gasteiger partial charge on any atom is -0.379 e. The lowest BCUT2D eigenvalue weighted by Gasteiger charge is -2.36. The fraction of sp³-hybridized carbons (Fsp3) is 0.350. The van der Waals surface area contributed by atoms with Crippen LogP contribution in [0.3, 0.4) is 0 Å². The van der Waals surface area contributed by atoms with E-state index < -0.39 is 5.54 Å². The fourth-order valence-electron chi connectivity index (χ4n) is 4.11. The van der Waals surface area contributed by atoms with Crippen molar-refractivity contribution in [2.24, 2.45) is 16.6 Å². The van der Waals surface area contributed by atoms with E-state index in [9.17, 15) is 9.18 Å². The van der Waals surface area contributed by atoms with Crippen molar-refractivity contribution in [3.05, 3.63) is 59.2 Å². The zero-order valence-electron chi connectivity index (χ0n) is 15.0. The number of amidine groups is 1. The molecule has 1 aromatic heterocycles. The van der Waals surface area contributed by atoms with Crippen molar-refractivity contribution in [3.8, 4) is 0 Å². The molecule has 0 saturated heterocycles. The van der Waals surface area contributed by atoms with Crippen molar-refractivity contribution in [2.45, 2.75) is 31.7 Å². The molecule has 7 heteroatoms. The van der Waals surface area contributed by atoms with E-state index in [4.69, 9.17) is 10.7 Å². The maximum atomic E-state index is 14.8. The number of fused-ring (bicyclic) bond motifs is 1. The summed E-state index contributed by atoms with van der Waals surface area (Å²) in [6.07, 6.45) is 4.35. The van der Waals surface area contributed by atoms with Crippen molar-refractivity contribution < 1.29 is 9.18 Å². The van der Waals surface area contributed by atoms with Gasteiger partial charge < -0.3 is 11.1 Å². The van der Waals surface area contributed by atoms with Gasteiger partial charge in [-0.15, -0.1) is 0 Å². The van der Waals surface area contributed by atoms with E-state index in [0.29, 0.717) is 22.1 Å². The van der Waals surface area contributed by atoms with E-state index in [2.05, 4.69) is 10.3 Å². The van der Waals surface area contributed by atoms with Crippen molar-refractivity contribution in [2.75, 3.05) is 11.1 Å². The number of hydrogen-bond acceptors (Lipinski definition) is 5. The second-order valence-electron chi connectivity index (χ2n) is 7.09. The first-order valence-electron chi connectivity index (χ1n) is 9.01. The summed E-state index contributed by atoms with van der Waals surface area (Å²) in [6, 6.07) is 8.28. The zero-order chi connectivity index (χ0) is 19.0. The van der Waals surface area contributed by atoms with Crippen LogP contribution in [0.4, 0.5) is 10.1 Å². The molecule has 2 aromatic rings. The molecule has 0 bridgehead atoms. The number of aliphatic imine (C=N–C) groups is 1. The molecule has 2 aliphatic rings. The van der Waals surface area contributed by atoms with Crippen LogP contribution in [0.1, 0.15) is 40.9 Å². The number of anilines is 1. The summed E-state index contributed by atoms with van der Waals surface area (Å²) < 4.78 is 14.8. The number of thioether (sulfide) groups is 1. The molecule has 27 heavy (non-hydrogen) atoms. The van der Waals surface area contributed by atoms with Crippen LogP contribution in [-0.2, 0) is 5.54 Å². The van der Waals surface area contributed by atoms with Crippen LogP contribution in [0.5, 0.6) is 0 Å². The number of nitrogens with zero attached hydrogens (tertiary/aromatic N) is 2. The first-order valence-corrected chi connectivity index (χ1v) is 9.99. The van der Waals surface area contributed by atoms with Crippen LogP contribution in [0.2, 0.25) is 0 Å². The Morgan fingerprint density at radius 2 is 2.26 bits per heavy atom. The minimum absolute atomic E-state index is 0.258. The summed E-state index contributed by atoms with van der Waals surface area (Å²) in [5.74, 6) is 0.484. The monoisotopic (exact) mass is 384 g/mol. The number of aromatic nitrogens is 1. The number of nitrogens with two attached hydrogens (primary N) is 1. The molecular weight excluding hydrogens is 363 g/mol. The van der Waals surface area contributed by atoms with Gasteiger partial charge >= 0.3 is 0 Å². The molecule has 1 aliphatic carbocycles. The second-order valence-corrected chi connectivity index (χ2v) is 8.13. The topological polar surface area (TPSA) is 80.4 Å². The first-order chi connectivity index (χ1) is 13.0. The van der Waals surface area contributed by atoms with Crippen molar-refractivity contribution in [3.63, 3.8) is 0 Å². The maximum Gasteiger partial charge on any atom is 0.274 e. The lowest BCUT2D eigenvalue weighted by molar-refractivity contribution is 0.102. The molecular formula is C20H21FN4OS. The Morgan fingerprint density at radius 1 is 1.41 bits per heavy atom. The lowest BCUT2D eigenvalue weighted by Crippen LogP contribution is -2.37. The predicted octanol–water partition coefficient (Wildman–Crippen LogP) is 3.84. The average Bonchev–Trinajstić information content (AvgIpc) is 3.07. The minimum atomic E-state index is -0.624. The van der Waals surface area contributed by atoms with E-state index >= 15 is 0 Å². The molecule has 1 saturated carbocycles. The smallest absolute Gasteiger partial charge is 0.274 e. The molecule has 3 N–H and O–H groups in total. The fourth-order valence-corrected chi connectivity index (χ4v) is 5.15. The largest absolute Gasteiger partial charge is 0.379 e. The Morgan fingerprint density at radius 3 is 3.07 bits per heavy atom. The maximum absolute atomic E-state index is 14.8. The van der Waals surface area contributed by atoms with Crippen molar-refractivity contribution in [1.82, 2.24) is 4.98 Å². The summed E-state index contributed by atoms with van der Waals surface area (Å²) in [5.41, 5.74) is 7.56. The Balaban J connectivity index is 1.69. The Bertz CT molecular complexity index is 932. The third-order valence-corrected chi connectivity index (χ3v) is 6.40. The van der Waals surface area contributed by atoms with E-state index in [1.54, 1.807) is 24.4 Å². The summed E-state index contributed by atoms with van der Waals surface area (Å²) in [4.78, 5) is 21.4. The highest BCUT2D eigenvalue weighted by molar-refractivity contribution is 8.13. The van der Waals surface area contributed by atoms with E-state index in [1.807, 2.05) is 13.0 Å². The number of rotatable bonds is 3. The Kier molecular flexibility index (Phi) is 4.63. The molecule has 5 nitrogen and oxygen atoms in total. The van der Waals surface area contributed by atoms with Crippen LogP contribution < -0.4 is 11.1 Å². The van der Waals surface area contributed by atoms with Gasteiger partial charge in [-0.05, 0) is 55.5 Å². The number of aryl methyl sites for hydroxylation is 1. The summed E-state index contributed by atoms with van der Waals surface area (Å²) >= 11 is 1.53. The number of carbonyl (C=O) groups is 1. The first kappa shape index (κ1) is 18.0. The number of pyridine rings is 1. The van der Waals surface area contributed by atoms with Gasteiger partial charge in [0.1, 0.15) is 11.5 Å². The van der Waals surface area contributed by atoms with Gasteiger partial charge in [0.2, 0.25) is 0 Å². The molecule has 1 fully saturated rings. The molecule has 140 valence electrons. The highest BCUT2D eigenvalue weighted by atomic mass is 32.2. The van der Waals surface area contributed by atoms with Gasteiger partial charge in [-0.25, -0.2) is 4.39 Å². The SMILES string of the molecule is Cc1cccnc1C(=O)Nc1ccc(F)c([C@]23CCC[C@H]2CSC(N)=N3)c1. The van der Waals surface area contributed by atoms with Gasteiger partial charge in [0.25, 0.3) is 5.91 Å². The third kappa shape index (κ3) is 3.20. The van der Waals surface area contributed by atoms with Crippen molar-refractivity contribution in [1.29, 1.82) is 0 Å². The van der Waals surface area contributed by atoms with Crippen LogP contribution in [0.25, 0.3) is 0 Å². The molecule has 1 aliphatic heterocycles. The highest BCUT2D eigenvalue weighted by Crippen LogP contribution is 2.51. The molecule has 4 rings (SSSR count). The normalized spacial score (nSPS) is 24.2. The van der Waals surface area contributed by atoms with Gasteiger partial charge in [-0.1, -0.05) is 24.2 Å². The van der Waals surface area contributed by atoms with Gasteiger partial charge in [0.05, 0.1) is 5.54 Å². The Hall–Kier alpha value is -2.41. The Labute approximate surface area is 161 Å². The van der Waals surface area contributed by atoms with Gasteiger partial charge in [0, 0.05) is 23.2 Å². The van der Waals surface area contributed by atoms with E-state index in [0.717, 1.165) is 30.6 Å². The molecule has 0 spiro atoms. The molecule has 1 aromatic carbocycles.